The summed E-state index contributed by atoms with van der Waals surface area (Å²) in [7, 11) is 0. The molecular weight excluding hydrogens is 356 g/mol. The quantitative estimate of drug-likeness (QED) is 0.643. The maximum Gasteiger partial charge on any atom is 0.273 e. The van der Waals surface area contributed by atoms with Crippen LogP contribution >= 0.6 is 27.5 Å². The fourth-order valence-electron chi connectivity index (χ4n) is 1.61. The van der Waals surface area contributed by atoms with Crippen molar-refractivity contribution in [1.82, 2.24) is 5.43 Å². The molecule has 0 aromatic heterocycles. The molecule has 2 aromatic carbocycles. The molecule has 0 radical (unpaired) electrons. The highest BCUT2D eigenvalue weighted by molar-refractivity contribution is 9.10. The summed E-state index contributed by atoms with van der Waals surface area (Å²) < 4.78 is 0.873. The van der Waals surface area contributed by atoms with Gasteiger partial charge in [-0.25, -0.2) is 5.43 Å². The van der Waals surface area contributed by atoms with Gasteiger partial charge in [-0.05, 0) is 35.4 Å². The van der Waals surface area contributed by atoms with Gasteiger partial charge >= 0.3 is 0 Å². The minimum atomic E-state index is -1.27. The van der Waals surface area contributed by atoms with Gasteiger partial charge in [-0.1, -0.05) is 51.8 Å². The molecule has 0 saturated carbocycles. The number of carbonyl (C=O) groups excluding carboxylic acids is 1. The molecule has 0 bridgehead atoms. The molecule has 0 aliphatic heterocycles. The average molecular weight is 368 g/mol. The lowest BCUT2D eigenvalue weighted by atomic mass is 10.1. The molecule has 0 unspecified atom stereocenters. The van der Waals surface area contributed by atoms with Crippen LogP contribution in [0.5, 0.6) is 0 Å². The number of nitrogens with one attached hydrogen (secondary N) is 1. The van der Waals surface area contributed by atoms with Crippen LogP contribution in [0.1, 0.15) is 17.2 Å². The molecular formula is C15H12BrClN2O2. The first kappa shape index (κ1) is 15.7. The van der Waals surface area contributed by atoms with Crippen molar-refractivity contribution in [3.05, 3.63) is 69.2 Å². The zero-order valence-corrected chi connectivity index (χ0v) is 13.2. The maximum atomic E-state index is 11.8. The van der Waals surface area contributed by atoms with E-state index in [1.54, 1.807) is 48.5 Å². The van der Waals surface area contributed by atoms with Gasteiger partial charge in [0, 0.05) is 9.50 Å². The van der Waals surface area contributed by atoms with Crippen molar-refractivity contribution in [3.8, 4) is 0 Å². The number of nitrogens with zero attached hydrogens (tertiary/aromatic N) is 1. The molecule has 108 valence electrons. The van der Waals surface area contributed by atoms with Crippen LogP contribution in [0.3, 0.4) is 0 Å². The van der Waals surface area contributed by atoms with Gasteiger partial charge in [0.25, 0.3) is 5.91 Å². The summed E-state index contributed by atoms with van der Waals surface area (Å²) in [5.74, 6) is -0.601. The maximum absolute atomic E-state index is 11.8. The third-order valence-electron chi connectivity index (χ3n) is 2.67. The number of hydrogen-bond acceptors (Lipinski definition) is 3. The molecule has 2 N–H and O–H groups in total. The summed E-state index contributed by atoms with van der Waals surface area (Å²) in [6, 6.07) is 13.9. The predicted octanol–water partition coefficient (Wildman–Crippen LogP) is 3.29. The van der Waals surface area contributed by atoms with Gasteiger partial charge in [0.15, 0.2) is 6.10 Å². The number of benzene rings is 2. The van der Waals surface area contributed by atoms with E-state index in [0.717, 1.165) is 10.0 Å². The molecule has 21 heavy (non-hydrogen) atoms. The average Bonchev–Trinajstić information content (AvgIpc) is 2.47. The lowest BCUT2D eigenvalue weighted by Gasteiger charge is -2.08. The van der Waals surface area contributed by atoms with Crippen molar-refractivity contribution < 1.29 is 9.90 Å². The summed E-state index contributed by atoms with van der Waals surface area (Å²) in [6.07, 6.45) is 0.188. The Bertz CT molecular complexity index is 659. The highest BCUT2D eigenvalue weighted by atomic mass is 79.9. The summed E-state index contributed by atoms with van der Waals surface area (Å²) >= 11 is 9.13. The SMILES string of the molecule is O=C(N/N=C\c1cccc(Cl)c1)[C@H](O)c1ccc(Br)cc1. The Kier molecular flexibility index (Phi) is 5.50. The van der Waals surface area contributed by atoms with Gasteiger partial charge in [-0.2, -0.15) is 5.10 Å². The first-order chi connectivity index (χ1) is 10.1. The summed E-state index contributed by atoms with van der Waals surface area (Å²) in [5, 5.41) is 14.3. The second kappa shape index (κ2) is 7.36. The fraction of sp³-hybridized carbons (Fsp3) is 0.0667. The van der Waals surface area contributed by atoms with E-state index in [4.69, 9.17) is 11.6 Å². The number of hydrazone groups is 1. The topological polar surface area (TPSA) is 61.7 Å². The Labute approximate surface area is 135 Å². The Balaban J connectivity index is 1.96. The Morgan fingerprint density at radius 1 is 1.29 bits per heavy atom. The van der Waals surface area contributed by atoms with Crippen LogP contribution in [-0.4, -0.2) is 17.2 Å². The molecule has 1 atom stereocenters. The van der Waals surface area contributed by atoms with Crippen molar-refractivity contribution in [1.29, 1.82) is 0 Å². The fourth-order valence-corrected chi connectivity index (χ4v) is 2.08. The highest BCUT2D eigenvalue weighted by Gasteiger charge is 2.16. The van der Waals surface area contributed by atoms with Gasteiger partial charge < -0.3 is 5.11 Å². The Morgan fingerprint density at radius 3 is 2.67 bits per heavy atom. The number of aliphatic hydroxyl groups excluding tert-OH is 1. The summed E-state index contributed by atoms with van der Waals surface area (Å²) in [6.45, 7) is 0. The van der Waals surface area contributed by atoms with Crippen molar-refractivity contribution in [2.45, 2.75) is 6.10 Å². The number of aliphatic hydroxyl groups is 1. The van der Waals surface area contributed by atoms with Crippen molar-refractivity contribution in [3.63, 3.8) is 0 Å². The second-order valence-electron chi connectivity index (χ2n) is 4.24. The molecule has 2 aromatic rings. The van der Waals surface area contributed by atoms with E-state index in [9.17, 15) is 9.90 Å². The van der Waals surface area contributed by atoms with Crippen LogP contribution in [-0.2, 0) is 4.79 Å². The summed E-state index contributed by atoms with van der Waals surface area (Å²) in [4.78, 5) is 11.8. The zero-order chi connectivity index (χ0) is 15.2. The smallest absolute Gasteiger partial charge is 0.273 e. The van der Waals surface area contributed by atoms with Crippen molar-refractivity contribution in [2.75, 3.05) is 0 Å². The molecule has 0 fully saturated rings. The molecule has 0 saturated heterocycles. The predicted molar refractivity (Wildman–Crippen MR) is 86.3 cm³/mol. The molecule has 4 nitrogen and oxygen atoms in total. The zero-order valence-electron chi connectivity index (χ0n) is 10.8. The van der Waals surface area contributed by atoms with Crippen LogP contribution < -0.4 is 5.43 Å². The standard InChI is InChI=1S/C15H12BrClN2O2/c16-12-6-4-11(5-7-12)14(20)15(21)19-18-9-10-2-1-3-13(17)8-10/h1-9,14,20H,(H,19,21)/b18-9-/t14-/m1/s1. The first-order valence-corrected chi connectivity index (χ1v) is 7.25. The van der Waals surface area contributed by atoms with E-state index in [1.807, 2.05) is 0 Å². The van der Waals surface area contributed by atoms with E-state index in [2.05, 4.69) is 26.5 Å². The first-order valence-electron chi connectivity index (χ1n) is 6.08. The molecule has 0 heterocycles. The Morgan fingerprint density at radius 2 is 2.00 bits per heavy atom. The lowest BCUT2D eigenvalue weighted by Crippen LogP contribution is -2.25. The van der Waals surface area contributed by atoms with Crippen LogP contribution in [0.25, 0.3) is 0 Å². The third kappa shape index (κ3) is 4.67. The van der Waals surface area contributed by atoms with Crippen LogP contribution in [0, 0.1) is 0 Å². The van der Waals surface area contributed by atoms with E-state index in [1.165, 1.54) is 6.21 Å². The van der Waals surface area contributed by atoms with E-state index < -0.39 is 12.0 Å². The number of halogens is 2. The van der Waals surface area contributed by atoms with Crippen LogP contribution in [0.4, 0.5) is 0 Å². The van der Waals surface area contributed by atoms with Crippen LogP contribution in [0.2, 0.25) is 5.02 Å². The van der Waals surface area contributed by atoms with Crippen molar-refractivity contribution in [2.24, 2.45) is 5.10 Å². The largest absolute Gasteiger partial charge is 0.378 e. The van der Waals surface area contributed by atoms with Gasteiger partial charge in [-0.15, -0.1) is 0 Å². The minimum Gasteiger partial charge on any atom is -0.378 e. The van der Waals surface area contributed by atoms with E-state index in [-0.39, 0.29) is 0 Å². The van der Waals surface area contributed by atoms with Crippen LogP contribution in [0.15, 0.2) is 58.1 Å². The van der Waals surface area contributed by atoms with Gasteiger partial charge in [0.05, 0.1) is 6.21 Å². The summed E-state index contributed by atoms with van der Waals surface area (Å²) in [5.41, 5.74) is 3.53. The van der Waals surface area contributed by atoms with Gasteiger partial charge in [0.1, 0.15) is 0 Å². The number of amides is 1. The highest BCUT2D eigenvalue weighted by Crippen LogP contribution is 2.16. The second-order valence-corrected chi connectivity index (χ2v) is 5.60. The van der Waals surface area contributed by atoms with E-state index in [0.29, 0.717) is 10.6 Å². The molecule has 0 aliphatic rings. The lowest BCUT2D eigenvalue weighted by molar-refractivity contribution is -0.129. The number of hydrogen-bond donors (Lipinski definition) is 2. The normalized spacial score (nSPS) is 12.3. The molecule has 1 amide bonds. The number of carbonyl (C=O) groups is 1. The monoisotopic (exact) mass is 366 g/mol. The third-order valence-corrected chi connectivity index (χ3v) is 3.43. The molecule has 2 rings (SSSR count). The number of rotatable bonds is 4. The molecule has 0 spiro atoms. The van der Waals surface area contributed by atoms with E-state index >= 15 is 0 Å². The minimum absolute atomic E-state index is 0.494. The van der Waals surface area contributed by atoms with Gasteiger partial charge in [0.2, 0.25) is 0 Å². The van der Waals surface area contributed by atoms with Crippen molar-refractivity contribution >= 4 is 39.7 Å². The van der Waals surface area contributed by atoms with Gasteiger partial charge in [-0.3, -0.25) is 4.79 Å². The molecule has 6 heteroatoms. The molecule has 0 aliphatic carbocycles. The Hall–Kier alpha value is -1.69.